The smallest absolute Gasteiger partial charge is 0.341 e. The Morgan fingerprint density at radius 3 is 2.63 bits per heavy atom. The van der Waals surface area contributed by atoms with Gasteiger partial charge < -0.3 is 15.4 Å². The summed E-state index contributed by atoms with van der Waals surface area (Å²) in [5.74, 6) is -1.03. The molecule has 2 N–H and O–H groups in total. The highest BCUT2D eigenvalue weighted by molar-refractivity contribution is 7.98. The fourth-order valence-electron chi connectivity index (χ4n) is 2.08. The van der Waals surface area contributed by atoms with Crippen LogP contribution in [0.1, 0.15) is 10.4 Å². The van der Waals surface area contributed by atoms with Crippen molar-refractivity contribution < 1.29 is 19.2 Å². The second-order valence-electron chi connectivity index (χ2n) is 5.22. The maximum Gasteiger partial charge on any atom is 0.341 e. The van der Waals surface area contributed by atoms with E-state index in [-0.39, 0.29) is 12.3 Å². The molecule has 0 saturated heterocycles. The molecule has 0 unspecified atom stereocenters. The first kappa shape index (κ1) is 20.2. The van der Waals surface area contributed by atoms with Crippen LogP contribution in [0.3, 0.4) is 0 Å². The van der Waals surface area contributed by atoms with E-state index in [1.165, 1.54) is 23.9 Å². The van der Waals surface area contributed by atoms with E-state index < -0.39 is 16.8 Å². The number of carbonyl (C=O) groups is 2. The van der Waals surface area contributed by atoms with Crippen LogP contribution in [-0.4, -0.2) is 47.7 Å². The van der Waals surface area contributed by atoms with Crippen LogP contribution in [0.5, 0.6) is 0 Å². The summed E-state index contributed by atoms with van der Waals surface area (Å²) in [5.41, 5.74) is 1.02. The fraction of sp³-hybridized carbons (Fsp3) is 0.235. The molecule has 142 valence electrons. The van der Waals surface area contributed by atoms with Crippen molar-refractivity contribution in [3.05, 3.63) is 58.3 Å². The largest absolute Gasteiger partial charge is 0.452 e. The van der Waals surface area contributed by atoms with Gasteiger partial charge in [-0.25, -0.2) is 9.78 Å². The van der Waals surface area contributed by atoms with Crippen LogP contribution >= 0.6 is 11.8 Å². The predicted molar refractivity (Wildman–Crippen MR) is 101 cm³/mol. The van der Waals surface area contributed by atoms with Gasteiger partial charge in [0.1, 0.15) is 5.03 Å². The molecule has 0 atom stereocenters. The zero-order valence-corrected chi connectivity index (χ0v) is 15.3. The SMILES string of the molecule is CSc1ncccc1C(=O)OCC(=O)NCCNc1ccc([N+](=O)[O-])cc1. The Hall–Kier alpha value is -3.14. The summed E-state index contributed by atoms with van der Waals surface area (Å²) in [6, 6.07) is 9.16. The van der Waals surface area contributed by atoms with Crippen molar-refractivity contribution >= 4 is 35.0 Å². The van der Waals surface area contributed by atoms with Gasteiger partial charge in [0.25, 0.3) is 11.6 Å². The number of hydrogen-bond acceptors (Lipinski definition) is 8. The van der Waals surface area contributed by atoms with E-state index in [1.54, 1.807) is 36.7 Å². The quantitative estimate of drug-likeness (QED) is 0.219. The second-order valence-corrected chi connectivity index (χ2v) is 6.01. The van der Waals surface area contributed by atoms with E-state index in [2.05, 4.69) is 15.6 Å². The van der Waals surface area contributed by atoms with Gasteiger partial charge in [-0.2, -0.15) is 0 Å². The van der Waals surface area contributed by atoms with Crippen LogP contribution in [0, 0.1) is 10.1 Å². The molecular weight excluding hydrogens is 372 g/mol. The number of benzene rings is 1. The van der Waals surface area contributed by atoms with E-state index in [0.717, 1.165) is 0 Å². The predicted octanol–water partition coefficient (Wildman–Crippen LogP) is 2.10. The average Bonchev–Trinajstić information content (AvgIpc) is 2.69. The van der Waals surface area contributed by atoms with Gasteiger partial charge in [0.05, 0.1) is 10.5 Å². The molecule has 0 saturated carbocycles. The highest BCUT2D eigenvalue weighted by atomic mass is 32.2. The zero-order valence-electron chi connectivity index (χ0n) is 14.5. The van der Waals surface area contributed by atoms with Gasteiger partial charge in [0, 0.05) is 37.1 Å². The van der Waals surface area contributed by atoms with Gasteiger partial charge in [-0.3, -0.25) is 14.9 Å². The molecule has 0 fully saturated rings. The summed E-state index contributed by atoms with van der Waals surface area (Å²) >= 11 is 1.32. The third-order valence-corrected chi connectivity index (χ3v) is 4.09. The number of carbonyl (C=O) groups excluding carboxylic acids is 2. The molecular formula is C17H18N4O5S. The Morgan fingerprint density at radius 2 is 1.96 bits per heavy atom. The lowest BCUT2D eigenvalue weighted by molar-refractivity contribution is -0.384. The number of nitro benzene ring substituents is 1. The van der Waals surface area contributed by atoms with E-state index in [0.29, 0.717) is 29.4 Å². The molecule has 1 aromatic heterocycles. The molecule has 1 heterocycles. The van der Waals surface area contributed by atoms with Crippen molar-refractivity contribution in [2.24, 2.45) is 0 Å². The van der Waals surface area contributed by atoms with Crippen molar-refractivity contribution in [2.75, 3.05) is 31.3 Å². The first-order valence-electron chi connectivity index (χ1n) is 7.92. The van der Waals surface area contributed by atoms with Crippen molar-refractivity contribution in [1.82, 2.24) is 10.3 Å². The lowest BCUT2D eigenvalue weighted by atomic mass is 10.3. The summed E-state index contributed by atoms with van der Waals surface area (Å²) in [6.07, 6.45) is 3.37. The molecule has 0 radical (unpaired) electrons. The molecule has 0 spiro atoms. The van der Waals surface area contributed by atoms with Crippen LogP contribution in [0.2, 0.25) is 0 Å². The summed E-state index contributed by atoms with van der Waals surface area (Å²) in [7, 11) is 0. The number of nitrogens with one attached hydrogen (secondary N) is 2. The summed E-state index contributed by atoms with van der Waals surface area (Å²) < 4.78 is 4.99. The van der Waals surface area contributed by atoms with Gasteiger partial charge in [-0.1, -0.05) is 0 Å². The van der Waals surface area contributed by atoms with Gasteiger partial charge >= 0.3 is 5.97 Å². The number of nitrogens with zero attached hydrogens (tertiary/aromatic N) is 2. The number of pyridine rings is 1. The topological polar surface area (TPSA) is 123 Å². The molecule has 2 aromatic rings. The third-order valence-electron chi connectivity index (χ3n) is 3.37. The van der Waals surface area contributed by atoms with Crippen LogP contribution < -0.4 is 10.6 Å². The third kappa shape index (κ3) is 6.26. The maximum absolute atomic E-state index is 12.0. The van der Waals surface area contributed by atoms with E-state index in [9.17, 15) is 19.7 Å². The van der Waals surface area contributed by atoms with Gasteiger partial charge in [-0.15, -0.1) is 11.8 Å². The highest BCUT2D eigenvalue weighted by Crippen LogP contribution is 2.17. The van der Waals surface area contributed by atoms with Crippen molar-refractivity contribution in [1.29, 1.82) is 0 Å². The molecule has 1 amide bonds. The van der Waals surface area contributed by atoms with Crippen molar-refractivity contribution in [3.8, 4) is 0 Å². The fourth-order valence-corrected chi connectivity index (χ4v) is 2.62. The van der Waals surface area contributed by atoms with E-state index in [4.69, 9.17) is 4.74 Å². The maximum atomic E-state index is 12.0. The molecule has 2 rings (SSSR count). The first-order valence-corrected chi connectivity index (χ1v) is 9.15. The number of amides is 1. The van der Waals surface area contributed by atoms with E-state index in [1.807, 2.05) is 0 Å². The van der Waals surface area contributed by atoms with Crippen molar-refractivity contribution in [2.45, 2.75) is 5.03 Å². The number of non-ortho nitro benzene ring substituents is 1. The Morgan fingerprint density at radius 1 is 1.22 bits per heavy atom. The Kier molecular flexibility index (Phi) is 7.56. The van der Waals surface area contributed by atoms with Gasteiger partial charge in [-0.05, 0) is 30.5 Å². The Balaban J connectivity index is 1.69. The first-order chi connectivity index (χ1) is 13.0. The van der Waals surface area contributed by atoms with E-state index >= 15 is 0 Å². The van der Waals surface area contributed by atoms with Gasteiger partial charge in [0.15, 0.2) is 6.61 Å². The molecule has 10 heteroatoms. The average molecular weight is 390 g/mol. The van der Waals surface area contributed by atoms with Crippen LogP contribution in [0.15, 0.2) is 47.6 Å². The normalized spacial score (nSPS) is 10.1. The Labute approximate surface area is 159 Å². The minimum Gasteiger partial charge on any atom is -0.452 e. The molecule has 0 aliphatic carbocycles. The number of ether oxygens (including phenoxy) is 1. The number of nitro groups is 1. The monoisotopic (exact) mass is 390 g/mol. The summed E-state index contributed by atoms with van der Waals surface area (Å²) in [5, 5.41) is 16.7. The van der Waals surface area contributed by atoms with Crippen LogP contribution in [-0.2, 0) is 9.53 Å². The molecule has 0 aliphatic heterocycles. The molecule has 0 aliphatic rings. The summed E-state index contributed by atoms with van der Waals surface area (Å²) in [4.78, 5) is 37.9. The molecule has 27 heavy (non-hydrogen) atoms. The van der Waals surface area contributed by atoms with Crippen LogP contribution in [0.4, 0.5) is 11.4 Å². The number of rotatable bonds is 9. The Bertz CT molecular complexity index is 813. The minimum absolute atomic E-state index is 0.00825. The minimum atomic E-state index is -0.605. The standard InChI is InChI=1S/C17H18N4O5S/c1-27-16-14(3-2-8-20-16)17(23)26-11-15(22)19-10-9-18-12-4-6-13(7-5-12)21(24)25/h2-8,18H,9-11H2,1H3,(H,19,22). The molecule has 1 aromatic carbocycles. The number of anilines is 1. The number of aromatic nitrogens is 1. The molecule has 9 nitrogen and oxygen atoms in total. The molecule has 0 bridgehead atoms. The second kappa shape index (κ2) is 10.1. The number of esters is 1. The summed E-state index contributed by atoms with van der Waals surface area (Å²) in [6.45, 7) is 0.326. The van der Waals surface area contributed by atoms with Gasteiger partial charge in [0.2, 0.25) is 0 Å². The number of hydrogen-bond donors (Lipinski definition) is 2. The number of thioether (sulfide) groups is 1. The van der Waals surface area contributed by atoms with Crippen LogP contribution in [0.25, 0.3) is 0 Å². The lowest BCUT2D eigenvalue weighted by Gasteiger charge is -2.09. The highest BCUT2D eigenvalue weighted by Gasteiger charge is 2.14. The zero-order chi connectivity index (χ0) is 19.6. The van der Waals surface area contributed by atoms with Crippen molar-refractivity contribution in [3.63, 3.8) is 0 Å². The lowest BCUT2D eigenvalue weighted by Crippen LogP contribution is -2.32.